The topological polar surface area (TPSA) is 103 Å². The number of carbonyl (C=O) groups excluding carboxylic acids is 1. The number of alkyl halides is 3. The molecule has 0 unspecified atom stereocenters. The molecule has 0 radical (unpaired) electrons. The summed E-state index contributed by atoms with van der Waals surface area (Å²) in [5.41, 5.74) is 1.29. The van der Waals surface area contributed by atoms with Gasteiger partial charge in [-0.25, -0.2) is 4.98 Å². The standard InChI is InChI=1S/C17H15F3N4O4/c1-26-7-6-21-15(25)12-9-27-13(22-12)8-10-2-4-11(5-3-10)14-23-16(28-24-14)17(18,19)20/h2-5,9H,6-8H2,1H3,(H,21,25). The predicted molar refractivity (Wildman–Crippen MR) is 88.3 cm³/mol. The van der Waals surface area contributed by atoms with Gasteiger partial charge in [0.1, 0.15) is 6.26 Å². The van der Waals surface area contributed by atoms with Crippen molar-refractivity contribution in [2.24, 2.45) is 0 Å². The first kappa shape index (κ1) is 19.5. The Morgan fingerprint density at radius 2 is 1.96 bits per heavy atom. The van der Waals surface area contributed by atoms with Crippen LogP contribution in [0.5, 0.6) is 0 Å². The average molecular weight is 396 g/mol. The summed E-state index contributed by atoms with van der Waals surface area (Å²) < 4.78 is 51.9. The Labute approximate surface area is 156 Å². The van der Waals surface area contributed by atoms with Crippen LogP contribution >= 0.6 is 0 Å². The van der Waals surface area contributed by atoms with Crippen molar-refractivity contribution in [1.29, 1.82) is 0 Å². The van der Waals surface area contributed by atoms with Gasteiger partial charge in [-0.1, -0.05) is 29.4 Å². The number of rotatable bonds is 7. The molecule has 28 heavy (non-hydrogen) atoms. The second-order valence-corrected chi connectivity index (χ2v) is 5.67. The summed E-state index contributed by atoms with van der Waals surface area (Å²) in [5.74, 6) is -1.61. The van der Waals surface area contributed by atoms with E-state index in [4.69, 9.17) is 9.15 Å². The smallest absolute Gasteiger partial charge is 0.448 e. The van der Waals surface area contributed by atoms with Crippen molar-refractivity contribution in [3.8, 4) is 11.4 Å². The normalized spacial score (nSPS) is 11.6. The number of aromatic nitrogens is 3. The van der Waals surface area contributed by atoms with Crippen LogP contribution in [0, 0.1) is 0 Å². The number of hydrogen-bond acceptors (Lipinski definition) is 7. The van der Waals surface area contributed by atoms with Gasteiger partial charge in [0.15, 0.2) is 11.6 Å². The number of amides is 1. The van der Waals surface area contributed by atoms with E-state index in [1.165, 1.54) is 13.4 Å². The maximum atomic E-state index is 12.5. The predicted octanol–water partition coefficient (Wildman–Crippen LogP) is 2.71. The first-order valence-electron chi connectivity index (χ1n) is 8.08. The molecule has 0 aliphatic rings. The van der Waals surface area contributed by atoms with E-state index in [-0.39, 0.29) is 17.4 Å². The van der Waals surface area contributed by atoms with E-state index >= 15 is 0 Å². The highest BCUT2D eigenvalue weighted by atomic mass is 19.4. The lowest BCUT2D eigenvalue weighted by molar-refractivity contribution is -0.159. The van der Waals surface area contributed by atoms with Crippen LogP contribution in [0.2, 0.25) is 0 Å². The molecule has 0 saturated carbocycles. The van der Waals surface area contributed by atoms with E-state index in [1.54, 1.807) is 24.3 Å². The zero-order valence-corrected chi connectivity index (χ0v) is 14.6. The number of benzene rings is 1. The molecule has 0 atom stereocenters. The van der Waals surface area contributed by atoms with Crippen molar-refractivity contribution in [1.82, 2.24) is 20.4 Å². The van der Waals surface area contributed by atoms with Crippen LogP contribution in [0.25, 0.3) is 11.4 Å². The molecule has 11 heteroatoms. The number of hydrogen-bond donors (Lipinski definition) is 1. The Bertz CT molecular complexity index is 935. The van der Waals surface area contributed by atoms with Crippen molar-refractivity contribution >= 4 is 5.91 Å². The van der Waals surface area contributed by atoms with Gasteiger partial charge in [-0.05, 0) is 5.56 Å². The molecule has 0 aliphatic carbocycles. The van der Waals surface area contributed by atoms with Crippen LogP contribution in [0.1, 0.15) is 27.8 Å². The van der Waals surface area contributed by atoms with Gasteiger partial charge < -0.3 is 19.0 Å². The highest BCUT2D eigenvalue weighted by molar-refractivity contribution is 5.91. The fourth-order valence-corrected chi connectivity index (χ4v) is 2.26. The van der Waals surface area contributed by atoms with Crippen molar-refractivity contribution in [3.63, 3.8) is 0 Å². The number of carbonyl (C=O) groups is 1. The minimum Gasteiger partial charge on any atom is -0.448 e. The third-order valence-electron chi connectivity index (χ3n) is 3.61. The van der Waals surface area contributed by atoms with Gasteiger partial charge in [-0.2, -0.15) is 18.2 Å². The maximum absolute atomic E-state index is 12.5. The Balaban J connectivity index is 1.63. The van der Waals surface area contributed by atoms with Gasteiger partial charge in [-0.15, -0.1) is 0 Å². The number of nitrogens with zero attached hydrogens (tertiary/aromatic N) is 3. The summed E-state index contributed by atoms with van der Waals surface area (Å²) in [5, 5.41) is 5.96. The Kier molecular flexibility index (Phi) is 5.73. The Hall–Kier alpha value is -3.21. The van der Waals surface area contributed by atoms with E-state index in [9.17, 15) is 18.0 Å². The molecule has 0 aliphatic heterocycles. The van der Waals surface area contributed by atoms with Gasteiger partial charge in [0.05, 0.1) is 6.61 Å². The molecule has 1 N–H and O–H groups in total. The molecule has 2 aromatic heterocycles. The summed E-state index contributed by atoms with van der Waals surface area (Å²) in [4.78, 5) is 19.3. The molecule has 148 valence electrons. The fourth-order valence-electron chi connectivity index (χ4n) is 2.26. The van der Waals surface area contributed by atoms with Crippen LogP contribution in [0.15, 0.2) is 39.5 Å². The van der Waals surface area contributed by atoms with Crippen LogP contribution in [0.3, 0.4) is 0 Å². The number of methoxy groups -OCH3 is 1. The summed E-state index contributed by atoms with van der Waals surface area (Å²) in [6.45, 7) is 0.735. The first-order valence-corrected chi connectivity index (χ1v) is 8.08. The quantitative estimate of drug-likeness (QED) is 0.613. The monoisotopic (exact) mass is 396 g/mol. The zero-order valence-electron chi connectivity index (χ0n) is 14.6. The summed E-state index contributed by atoms with van der Waals surface area (Å²) in [6.07, 6.45) is -3.14. The minimum atomic E-state index is -4.69. The molecule has 1 amide bonds. The molecule has 1 aromatic carbocycles. The minimum absolute atomic E-state index is 0.147. The zero-order chi connectivity index (χ0) is 20.1. The fraction of sp³-hybridized carbons (Fsp3) is 0.294. The SMILES string of the molecule is COCCNC(=O)c1coc(Cc2ccc(-c3noc(C(F)(F)F)n3)cc2)n1. The van der Waals surface area contributed by atoms with Crippen molar-refractivity contribution < 1.29 is 31.6 Å². The number of halogens is 3. The third kappa shape index (κ3) is 4.74. The van der Waals surface area contributed by atoms with Gasteiger partial charge in [0, 0.05) is 25.6 Å². The molecular formula is C17H15F3N4O4. The van der Waals surface area contributed by atoms with E-state index in [2.05, 4.69) is 25.0 Å². The lowest BCUT2D eigenvalue weighted by Crippen LogP contribution is -2.27. The Morgan fingerprint density at radius 3 is 2.61 bits per heavy atom. The molecule has 0 fully saturated rings. The summed E-state index contributed by atoms with van der Waals surface area (Å²) in [7, 11) is 1.53. The molecule has 3 rings (SSSR count). The second-order valence-electron chi connectivity index (χ2n) is 5.67. The number of nitrogens with one attached hydrogen (secondary N) is 1. The van der Waals surface area contributed by atoms with Crippen molar-refractivity contribution in [3.05, 3.63) is 53.6 Å². The van der Waals surface area contributed by atoms with Crippen molar-refractivity contribution in [2.45, 2.75) is 12.6 Å². The molecule has 0 spiro atoms. The highest BCUT2D eigenvalue weighted by Gasteiger charge is 2.38. The maximum Gasteiger partial charge on any atom is 0.471 e. The van der Waals surface area contributed by atoms with Crippen molar-refractivity contribution in [2.75, 3.05) is 20.3 Å². The van der Waals surface area contributed by atoms with E-state index < -0.39 is 12.1 Å². The number of oxazole rings is 1. The summed E-state index contributed by atoms with van der Waals surface area (Å²) >= 11 is 0. The van der Waals surface area contributed by atoms with E-state index in [0.29, 0.717) is 31.0 Å². The average Bonchev–Trinajstić information content (AvgIpc) is 3.32. The van der Waals surface area contributed by atoms with Crippen LogP contribution in [0.4, 0.5) is 13.2 Å². The number of ether oxygens (including phenoxy) is 1. The van der Waals surface area contributed by atoms with Crippen LogP contribution in [-0.4, -0.2) is 41.3 Å². The summed E-state index contributed by atoms with van der Waals surface area (Å²) in [6, 6.07) is 6.45. The third-order valence-corrected chi connectivity index (χ3v) is 3.61. The van der Waals surface area contributed by atoms with Crippen LogP contribution in [-0.2, 0) is 17.3 Å². The molecular weight excluding hydrogens is 381 g/mol. The molecule has 8 nitrogen and oxygen atoms in total. The van der Waals surface area contributed by atoms with E-state index in [0.717, 1.165) is 5.56 Å². The van der Waals surface area contributed by atoms with Gasteiger partial charge in [0.25, 0.3) is 5.91 Å². The van der Waals surface area contributed by atoms with E-state index in [1.807, 2.05) is 0 Å². The lowest BCUT2D eigenvalue weighted by Gasteiger charge is -2.01. The van der Waals surface area contributed by atoms with Gasteiger partial charge in [0.2, 0.25) is 5.82 Å². The molecule has 3 aromatic rings. The van der Waals surface area contributed by atoms with Gasteiger partial charge in [-0.3, -0.25) is 4.79 Å². The largest absolute Gasteiger partial charge is 0.471 e. The molecule has 2 heterocycles. The van der Waals surface area contributed by atoms with Gasteiger partial charge >= 0.3 is 12.1 Å². The molecule has 0 bridgehead atoms. The Morgan fingerprint density at radius 1 is 1.21 bits per heavy atom. The highest BCUT2D eigenvalue weighted by Crippen LogP contribution is 2.29. The second kappa shape index (κ2) is 8.21. The lowest BCUT2D eigenvalue weighted by atomic mass is 10.1. The first-order chi connectivity index (χ1) is 13.4. The van der Waals surface area contributed by atoms with Crippen LogP contribution < -0.4 is 5.32 Å². The molecule has 0 saturated heterocycles.